The molecular weight excluding hydrogens is 128 g/mol. The summed E-state index contributed by atoms with van der Waals surface area (Å²) in [5.74, 6) is 0. The smallest absolute Gasteiger partial charge is 0.00401 e. The van der Waals surface area contributed by atoms with Gasteiger partial charge in [0.2, 0.25) is 0 Å². The Morgan fingerprint density at radius 2 is 1.78 bits per heavy atom. The molecule has 0 saturated carbocycles. The van der Waals surface area contributed by atoms with Crippen molar-refractivity contribution in [3.63, 3.8) is 0 Å². The monoisotopic (exact) mass is 138 g/mol. The molecule has 1 aromatic carbocycles. The van der Waals surface area contributed by atoms with Crippen LogP contribution in [-0.2, 0) is 6.42 Å². The van der Waals surface area contributed by atoms with Gasteiger partial charge in [0.1, 0.15) is 0 Å². The summed E-state index contributed by atoms with van der Waals surface area (Å²) in [6, 6.07) is 8.23. The van der Waals surface area contributed by atoms with Crippen molar-refractivity contribution in [3.05, 3.63) is 29.8 Å². The number of hydrogen-bond acceptors (Lipinski definition) is 1. The molecule has 0 aliphatic rings. The summed E-state index contributed by atoms with van der Waals surface area (Å²) in [5, 5.41) is 0. The molecule has 0 saturated heterocycles. The molecule has 0 spiro atoms. The summed E-state index contributed by atoms with van der Waals surface area (Å²) in [6.07, 6.45) is 1.11. The zero-order chi connectivity index (χ0) is 6.69. The van der Waals surface area contributed by atoms with Gasteiger partial charge in [0, 0.05) is 4.90 Å². The summed E-state index contributed by atoms with van der Waals surface area (Å²) in [7, 11) is 0. The molecule has 0 amide bonds. The van der Waals surface area contributed by atoms with Gasteiger partial charge in [-0.15, -0.1) is 12.6 Å². The molecule has 48 valence electrons. The van der Waals surface area contributed by atoms with Gasteiger partial charge in [-0.1, -0.05) is 19.1 Å². The van der Waals surface area contributed by atoms with Crippen LogP contribution in [0, 0.1) is 0 Å². The molecule has 0 atom stereocenters. The molecule has 0 aliphatic heterocycles. The largest absolute Gasteiger partial charge is 0.143 e. The molecular formula is C8H10S. The van der Waals surface area contributed by atoms with Gasteiger partial charge >= 0.3 is 0 Å². The van der Waals surface area contributed by atoms with Crippen molar-refractivity contribution in [1.29, 1.82) is 0 Å². The molecule has 0 N–H and O–H groups in total. The van der Waals surface area contributed by atoms with Gasteiger partial charge in [0.05, 0.1) is 0 Å². The Hall–Kier alpha value is -0.430. The minimum absolute atomic E-state index is 1.03. The van der Waals surface area contributed by atoms with E-state index in [2.05, 4.69) is 31.7 Å². The van der Waals surface area contributed by atoms with Gasteiger partial charge in [-0.3, -0.25) is 0 Å². The van der Waals surface area contributed by atoms with E-state index in [4.69, 9.17) is 0 Å². The SMILES string of the molecule is CCc1ccc(S)cc1. The third-order valence-electron chi connectivity index (χ3n) is 1.34. The van der Waals surface area contributed by atoms with Crippen LogP contribution >= 0.6 is 12.6 Å². The van der Waals surface area contributed by atoms with E-state index < -0.39 is 0 Å². The molecule has 0 unspecified atom stereocenters. The molecule has 1 heteroatoms. The topological polar surface area (TPSA) is 0 Å². The van der Waals surface area contributed by atoms with Gasteiger partial charge in [0.25, 0.3) is 0 Å². The van der Waals surface area contributed by atoms with Crippen molar-refractivity contribution < 1.29 is 0 Å². The van der Waals surface area contributed by atoms with Gasteiger partial charge in [0.15, 0.2) is 0 Å². The Labute approximate surface area is 61.3 Å². The van der Waals surface area contributed by atoms with Gasteiger partial charge < -0.3 is 0 Å². The predicted octanol–water partition coefficient (Wildman–Crippen LogP) is 2.54. The number of thiol groups is 1. The summed E-state index contributed by atoms with van der Waals surface area (Å²) in [6.45, 7) is 2.15. The van der Waals surface area contributed by atoms with Crippen molar-refractivity contribution in [1.82, 2.24) is 0 Å². The van der Waals surface area contributed by atoms with Crippen molar-refractivity contribution in [2.45, 2.75) is 18.2 Å². The molecule has 0 heterocycles. The lowest BCUT2D eigenvalue weighted by Gasteiger charge is -1.93. The number of rotatable bonds is 1. The zero-order valence-corrected chi connectivity index (χ0v) is 6.36. The van der Waals surface area contributed by atoms with Crippen molar-refractivity contribution in [2.75, 3.05) is 0 Å². The Morgan fingerprint density at radius 3 is 2.22 bits per heavy atom. The van der Waals surface area contributed by atoms with Crippen LogP contribution in [0.15, 0.2) is 29.2 Å². The van der Waals surface area contributed by atoms with E-state index in [0.717, 1.165) is 11.3 Å². The van der Waals surface area contributed by atoms with Crippen LogP contribution in [-0.4, -0.2) is 0 Å². The first-order valence-corrected chi connectivity index (χ1v) is 3.55. The van der Waals surface area contributed by atoms with Crippen molar-refractivity contribution in [2.24, 2.45) is 0 Å². The highest BCUT2D eigenvalue weighted by Crippen LogP contribution is 2.07. The maximum Gasteiger partial charge on any atom is 0.00401 e. The van der Waals surface area contributed by atoms with Crippen LogP contribution in [0.2, 0.25) is 0 Å². The summed E-state index contributed by atoms with van der Waals surface area (Å²) >= 11 is 4.17. The molecule has 0 aliphatic carbocycles. The highest BCUT2D eigenvalue weighted by atomic mass is 32.1. The molecule has 0 aromatic heterocycles. The Balaban J connectivity index is 2.88. The van der Waals surface area contributed by atoms with Gasteiger partial charge in [-0.25, -0.2) is 0 Å². The third kappa shape index (κ3) is 1.75. The van der Waals surface area contributed by atoms with E-state index in [-0.39, 0.29) is 0 Å². The van der Waals surface area contributed by atoms with Crippen LogP contribution in [0.25, 0.3) is 0 Å². The first kappa shape index (κ1) is 6.69. The highest BCUT2D eigenvalue weighted by Gasteiger charge is 1.85. The number of hydrogen-bond donors (Lipinski definition) is 1. The van der Waals surface area contributed by atoms with Gasteiger partial charge in [-0.2, -0.15) is 0 Å². The average Bonchev–Trinajstić information content (AvgIpc) is 1.90. The van der Waals surface area contributed by atoms with Gasteiger partial charge in [-0.05, 0) is 24.1 Å². The van der Waals surface area contributed by atoms with E-state index in [1.807, 2.05) is 12.1 Å². The maximum atomic E-state index is 4.17. The van der Waals surface area contributed by atoms with Crippen LogP contribution < -0.4 is 0 Å². The summed E-state index contributed by atoms with van der Waals surface area (Å²) < 4.78 is 0. The van der Waals surface area contributed by atoms with Crippen molar-refractivity contribution in [3.8, 4) is 0 Å². The Bertz CT molecular complexity index is 176. The second-order valence-corrected chi connectivity index (χ2v) is 2.54. The minimum atomic E-state index is 1.03. The van der Waals surface area contributed by atoms with E-state index in [1.165, 1.54) is 5.56 Å². The molecule has 0 fully saturated rings. The quantitative estimate of drug-likeness (QED) is 0.566. The minimum Gasteiger partial charge on any atom is -0.143 e. The summed E-state index contributed by atoms with van der Waals surface area (Å²) in [4.78, 5) is 1.03. The van der Waals surface area contributed by atoms with Crippen LogP contribution in [0.4, 0.5) is 0 Å². The fourth-order valence-corrected chi connectivity index (χ4v) is 0.881. The van der Waals surface area contributed by atoms with Crippen molar-refractivity contribution >= 4 is 12.6 Å². The van der Waals surface area contributed by atoms with E-state index >= 15 is 0 Å². The normalized spacial score (nSPS) is 9.56. The third-order valence-corrected chi connectivity index (χ3v) is 1.64. The Kier molecular flexibility index (Phi) is 2.17. The second kappa shape index (κ2) is 2.92. The van der Waals surface area contributed by atoms with Crippen LogP contribution in [0.3, 0.4) is 0 Å². The fraction of sp³-hybridized carbons (Fsp3) is 0.250. The first-order valence-electron chi connectivity index (χ1n) is 3.11. The molecule has 0 nitrogen and oxygen atoms in total. The summed E-state index contributed by atoms with van der Waals surface area (Å²) in [5.41, 5.74) is 1.37. The van der Waals surface area contributed by atoms with Crippen LogP contribution in [0.5, 0.6) is 0 Å². The lowest BCUT2D eigenvalue weighted by Crippen LogP contribution is -1.76. The first-order chi connectivity index (χ1) is 4.33. The lowest BCUT2D eigenvalue weighted by atomic mass is 10.2. The standard InChI is InChI=1S/C8H10S/c1-2-7-3-5-8(9)6-4-7/h3-6,9H,2H2,1H3. The second-order valence-electron chi connectivity index (χ2n) is 2.02. The highest BCUT2D eigenvalue weighted by molar-refractivity contribution is 7.80. The fourth-order valence-electron chi connectivity index (χ4n) is 0.732. The molecule has 9 heavy (non-hydrogen) atoms. The Morgan fingerprint density at radius 1 is 1.22 bits per heavy atom. The number of benzene rings is 1. The molecule has 0 radical (unpaired) electrons. The predicted molar refractivity (Wildman–Crippen MR) is 43.1 cm³/mol. The molecule has 1 rings (SSSR count). The molecule has 1 aromatic rings. The average molecular weight is 138 g/mol. The van der Waals surface area contributed by atoms with E-state index in [0.29, 0.717) is 0 Å². The van der Waals surface area contributed by atoms with Crippen LogP contribution in [0.1, 0.15) is 12.5 Å². The zero-order valence-electron chi connectivity index (χ0n) is 5.46. The van der Waals surface area contributed by atoms with E-state index in [1.54, 1.807) is 0 Å². The maximum absolute atomic E-state index is 4.17. The lowest BCUT2D eigenvalue weighted by molar-refractivity contribution is 1.13. The number of aryl methyl sites for hydroxylation is 1. The molecule has 0 bridgehead atoms. The van der Waals surface area contributed by atoms with E-state index in [9.17, 15) is 0 Å².